The molecule has 0 aliphatic heterocycles. The number of nitrogens with one attached hydrogen (secondary N) is 2. The summed E-state index contributed by atoms with van der Waals surface area (Å²) in [5.74, 6) is -0.638. The summed E-state index contributed by atoms with van der Waals surface area (Å²) in [6.07, 6.45) is 1.62. The topological polar surface area (TPSA) is 113 Å². The molecule has 0 aromatic carbocycles. The number of nitrogens with zero attached hydrogens (tertiary/aromatic N) is 2. The highest BCUT2D eigenvalue weighted by atomic mass is 16.5. The Hall–Kier alpha value is -2.38. The molecule has 0 radical (unpaired) electrons. The number of methoxy groups -OCH3 is 1. The Morgan fingerprint density at radius 2 is 2.15 bits per heavy atom. The molecule has 20 heavy (non-hydrogen) atoms. The molecule has 0 bridgehead atoms. The van der Waals surface area contributed by atoms with Gasteiger partial charge < -0.3 is 15.2 Å². The zero-order valence-electron chi connectivity index (χ0n) is 11.2. The predicted molar refractivity (Wildman–Crippen MR) is 69.6 cm³/mol. The summed E-state index contributed by atoms with van der Waals surface area (Å²) in [6.45, 7) is 1.73. The van der Waals surface area contributed by atoms with Gasteiger partial charge in [0.05, 0.1) is 7.11 Å². The third-order valence-corrected chi connectivity index (χ3v) is 2.91. The number of hydrogen-bond donors (Lipinski definition) is 3. The van der Waals surface area contributed by atoms with Crippen LogP contribution in [0.5, 0.6) is 5.88 Å². The van der Waals surface area contributed by atoms with Crippen molar-refractivity contribution in [1.29, 1.82) is 0 Å². The number of urea groups is 1. The van der Waals surface area contributed by atoms with E-state index in [9.17, 15) is 9.59 Å². The lowest BCUT2D eigenvalue weighted by molar-refractivity contribution is -0.139. The maximum atomic E-state index is 11.8. The van der Waals surface area contributed by atoms with Crippen molar-refractivity contribution in [2.75, 3.05) is 12.4 Å². The second-order valence-corrected chi connectivity index (χ2v) is 4.63. The number of carbonyl (C=O) groups excluding carboxylic acids is 1. The van der Waals surface area contributed by atoms with Gasteiger partial charge in [0.2, 0.25) is 11.8 Å². The SMILES string of the molecule is COc1cc(C)nc(NC(=O)NC(C(=O)O)C2CC2)n1. The zero-order chi connectivity index (χ0) is 14.7. The fraction of sp³-hybridized carbons (Fsp3) is 0.500. The lowest BCUT2D eigenvalue weighted by Gasteiger charge is -2.14. The number of anilines is 1. The van der Waals surface area contributed by atoms with Gasteiger partial charge in [-0.3, -0.25) is 5.32 Å². The molecule has 0 spiro atoms. The lowest BCUT2D eigenvalue weighted by Crippen LogP contribution is -2.44. The average molecular weight is 280 g/mol. The summed E-state index contributed by atoms with van der Waals surface area (Å²) in [6, 6.07) is 0.103. The predicted octanol–water partition coefficient (Wildman–Crippen LogP) is 0.778. The van der Waals surface area contributed by atoms with E-state index in [2.05, 4.69) is 20.6 Å². The van der Waals surface area contributed by atoms with Gasteiger partial charge in [0.1, 0.15) is 6.04 Å². The van der Waals surface area contributed by atoms with E-state index in [1.807, 2.05) is 0 Å². The van der Waals surface area contributed by atoms with Crippen molar-refractivity contribution in [3.8, 4) is 5.88 Å². The number of carbonyl (C=O) groups is 2. The maximum Gasteiger partial charge on any atom is 0.326 e. The van der Waals surface area contributed by atoms with E-state index in [-0.39, 0.29) is 11.9 Å². The Labute approximate surface area is 115 Å². The monoisotopic (exact) mass is 280 g/mol. The Balaban J connectivity index is 2.00. The van der Waals surface area contributed by atoms with Gasteiger partial charge in [-0.2, -0.15) is 4.98 Å². The second-order valence-electron chi connectivity index (χ2n) is 4.63. The maximum absolute atomic E-state index is 11.8. The van der Waals surface area contributed by atoms with Crippen LogP contribution in [0.4, 0.5) is 10.7 Å². The third-order valence-electron chi connectivity index (χ3n) is 2.91. The fourth-order valence-corrected chi connectivity index (χ4v) is 1.79. The average Bonchev–Trinajstić information content (AvgIpc) is 3.19. The van der Waals surface area contributed by atoms with Crippen LogP contribution in [0, 0.1) is 12.8 Å². The molecule has 3 N–H and O–H groups in total. The molecule has 8 nitrogen and oxygen atoms in total. The number of aliphatic carboxylic acids is 1. The Morgan fingerprint density at radius 1 is 1.45 bits per heavy atom. The van der Waals surface area contributed by atoms with Crippen molar-refractivity contribution in [3.05, 3.63) is 11.8 Å². The van der Waals surface area contributed by atoms with Crippen LogP contribution in [0.2, 0.25) is 0 Å². The molecule has 108 valence electrons. The van der Waals surface area contributed by atoms with E-state index in [1.54, 1.807) is 13.0 Å². The summed E-state index contributed by atoms with van der Waals surface area (Å²) in [4.78, 5) is 30.8. The molecule has 1 atom stereocenters. The van der Waals surface area contributed by atoms with Crippen LogP contribution in [-0.4, -0.2) is 40.2 Å². The summed E-state index contributed by atoms with van der Waals surface area (Å²) >= 11 is 0. The Kier molecular flexibility index (Phi) is 4.02. The molecule has 1 fully saturated rings. The minimum Gasteiger partial charge on any atom is -0.481 e. The number of hydrogen-bond acceptors (Lipinski definition) is 5. The molecule has 2 amide bonds. The standard InChI is InChI=1S/C12H16N4O4/c1-6-5-8(20-2)14-11(13-6)16-12(19)15-9(10(17)18)7-3-4-7/h5,7,9H,3-4H2,1-2H3,(H,17,18)(H2,13,14,15,16,19). The molecule has 1 saturated carbocycles. The van der Waals surface area contributed by atoms with Crippen LogP contribution in [0.15, 0.2) is 6.07 Å². The summed E-state index contributed by atoms with van der Waals surface area (Å²) in [7, 11) is 1.46. The Bertz CT molecular complexity index is 530. The molecule has 0 saturated heterocycles. The van der Waals surface area contributed by atoms with E-state index >= 15 is 0 Å². The number of carboxylic acid groups (broad SMARTS) is 1. The van der Waals surface area contributed by atoms with Gasteiger partial charge in [0, 0.05) is 11.8 Å². The van der Waals surface area contributed by atoms with Crippen LogP contribution >= 0.6 is 0 Å². The number of amides is 2. The van der Waals surface area contributed by atoms with Gasteiger partial charge in [0.25, 0.3) is 0 Å². The molecule has 8 heteroatoms. The minimum absolute atomic E-state index is 0.00575. The third kappa shape index (κ3) is 3.56. The van der Waals surface area contributed by atoms with Gasteiger partial charge >= 0.3 is 12.0 Å². The van der Waals surface area contributed by atoms with Crippen molar-refractivity contribution in [2.24, 2.45) is 5.92 Å². The van der Waals surface area contributed by atoms with Crippen LogP contribution < -0.4 is 15.4 Å². The molecule has 1 aliphatic carbocycles. The molecule has 1 heterocycles. The van der Waals surface area contributed by atoms with Gasteiger partial charge in [0.15, 0.2) is 0 Å². The molecule has 1 unspecified atom stereocenters. The van der Waals surface area contributed by atoms with Gasteiger partial charge in [-0.05, 0) is 25.7 Å². The number of rotatable bonds is 5. The highest BCUT2D eigenvalue weighted by Gasteiger charge is 2.37. The number of ether oxygens (including phenoxy) is 1. The largest absolute Gasteiger partial charge is 0.481 e. The molecular formula is C12H16N4O4. The molecule has 1 aromatic rings. The van der Waals surface area contributed by atoms with E-state index in [0.717, 1.165) is 12.8 Å². The van der Waals surface area contributed by atoms with Gasteiger partial charge in [-0.1, -0.05) is 0 Å². The van der Waals surface area contributed by atoms with Gasteiger partial charge in [-0.25, -0.2) is 14.6 Å². The summed E-state index contributed by atoms with van der Waals surface area (Å²) in [5.41, 5.74) is 0.629. The normalized spacial score (nSPS) is 15.3. The molecule has 2 rings (SSSR count). The van der Waals surface area contributed by atoms with Crippen molar-refractivity contribution in [3.63, 3.8) is 0 Å². The molecule has 1 aromatic heterocycles. The number of aryl methyl sites for hydroxylation is 1. The van der Waals surface area contributed by atoms with Crippen LogP contribution in [0.25, 0.3) is 0 Å². The fourth-order valence-electron chi connectivity index (χ4n) is 1.79. The first-order valence-corrected chi connectivity index (χ1v) is 6.19. The second kappa shape index (κ2) is 5.72. The molecular weight excluding hydrogens is 264 g/mol. The van der Waals surface area contributed by atoms with Crippen molar-refractivity contribution >= 4 is 17.9 Å². The van der Waals surface area contributed by atoms with E-state index in [1.165, 1.54) is 7.11 Å². The minimum atomic E-state index is -1.04. The first-order valence-electron chi connectivity index (χ1n) is 6.19. The quantitative estimate of drug-likeness (QED) is 0.734. The van der Waals surface area contributed by atoms with Crippen LogP contribution in [-0.2, 0) is 4.79 Å². The van der Waals surface area contributed by atoms with E-state index in [0.29, 0.717) is 11.6 Å². The van der Waals surface area contributed by atoms with Crippen LogP contribution in [0.3, 0.4) is 0 Å². The highest BCUT2D eigenvalue weighted by Crippen LogP contribution is 2.32. The Morgan fingerprint density at radius 3 is 2.70 bits per heavy atom. The van der Waals surface area contributed by atoms with Crippen molar-refractivity contribution < 1.29 is 19.4 Å². The zero-order valence-corrected chi connectivity index (χ0v) is 11.2. The summed E-state index contributed by atoms with van der Waals surface area (Å²) in [5, 5.41) is 13.9. The van der Waals surface area contributed by atoms with Crippen molar-refractivity contribution in [1.82, 2.24) is 15.3 Å². The highest BCUT2D eigenvalue weighted by molar-refractivity contribution is 5.91. The lowest BCUT2D eigenvalue weighted by atomic mass is 10.2. The summed E-state index contributed by atoms with van der Waals surface area (Å²) < 4.78 is 4.97. The van der Waals surface area contributed by atoms with Crippen molar-refractivity contribution in [2.45, 2.75) is 25.8 Å². The van der Waals surface area contributed by atoms with Gasteiger partial charge in [-0.15, -0.1) is 0 Å². The van der Waals surface area contributed by atoms with Crippen LogP contribution in [0.1, 0.15) is 18.5 Å². The first-order chi connectivity index (χ1) is 9.49. The first kappa shape index (κ1) is 14.0. The van der Waals surface area contributed by atoms with E-state index < -0.39 is 18.0 Å². The molecule has 1 aliphatic rings. The number of aromatic nitrogens is 2. The smallest absolute Gasteiger partial charge is 0.326 e. The number of carboxylic acids is 1. The van der Waals surface area contributed by atoms with E-state index in [4.69, 9.17) is 9.84 Å².